The number of aliphatic imine (C=N–C) groups is 1. The Kier molecular flexibility index (Phi) is 12.2. The Morgan fingerprint density at radius 3 is 2.50 bits per heavy atom. The molecule has 1 atom stereocenters. The number of hydrogen-bond acceptors (Lipinski definition) is 4. The van der Waals surface area contributed by atoms with Crippen LogP contribution in [0, 0.1) is 0 Å². The average molecular weight is 336 g/mol. The summed E-state index contributed by atoms with van der Waals surface area (Å²) in [5.74, 6) is 0.920. The molecule has 0 saturated heterocycles. The first-order chi connectivity index (χ1) is 10.4. The van der Waals surface area contributed by atoms with Gasteiger partial charge in [-0.1, -0.05) is 13.3 Å². The Hall–Kier alpha value is -0.820. The molecule has 7 heteroatoms. The Balaban J connectivity index is 4.04. The predicted molar refractivity (Wildman–Crippen MR) is 93.2 cm³/mol. The monoisotopic (exact) mass is 335 g/mol. The highest BCUT2D eigenvalue weighted by molar-refractivity contribution is 7.90. The largest absolute Gasteiger partial charge is 0.381 e. The van der Waals surface area contributed by atoms with Crippen LogP contribution < -0.4 is 10.6 Å². The molecule has 0 radical (unpaired) electrons. The van der Waals surface area contributed by atoms with Crippen molar-refractivity contribution in [2.75, 3.05) is 38.3 Å². The highest BCUT2D eigenvalue weighted by atomic mass is 32.2. The Labute approximate surface area is 136 Å². The van der Waals surface area contributed by atoms with Crippen LogP contribution in [0.25, 0.3) is 0 Å². The van der Waals surface area contributed by atoms with Gasteiger partial charge in [-0.15, -0.1) is 0 Å². The van der Waals surface area contributed by atoms with Crippen LogP contribution in [0.3, 0.4) is 0 Å². The van der Waals surface area contributed by atoms with Gasteiger partial charge in [0.1, 0.15) is 9.84 Å². The second kappa shape index (κ2) is 12.7. The fraction of sp³-hybridized carbons (Fsp3) is 0.933. The van der Waals surface area contributed by atoms with Crippen molar-refractivity contribution in [3.63, 3.8) is 0 Å². The van der Waals surface area contributed by atoms with Crippen LogP contribution >= 0.6 is 0 Å². The van der Waals surface area contributed by atoms with Crippen molar-refractivity contribution in [3.05, 3.63) is 0 Å². The standard InChI is InChI=1S/C15H33N3O3S/c1-5-7-11-21-12-8-10-17-15(16-6-2)18-14(3)9-13-22(4,19)20/h14H,5-13H2,1-4H3,(H2,16,17,18). The number of sulfone groups is 1. The third-order valence-corrected chi connectivity index (χ3v) is 3.99. The maximum Gasteiger partial charge on any atom is 0.191 e. The lowest BCUT2D eigenvalue weighted by Crippen LogP contribution is -2.43. The molecule has 0 amide bonds. The van der Waals surface area contributed by atoms with Crippen molar-refractivity contribution in [1.29, 1.82) is 0 Å². The fourth-order valence-electron chi connectivity index (χ4n) is 1.72. The van der Waals surface area contributed by atoms with Gasteiger partial charge in [0.15, 0.2) is 5.96 Å². The zero-order chi connectivity index (χ0) is 16.8. The Morgan fingerprint density at radius 2 is 1.91 bits per heavy atom. The molecule has 1 unspecified atom stereocenters. The second-order valence-electron chi connectivity index (χ2n) is 5.54. The van der Waals surface area contributed by atoms with Gasteiger partial charge in [0, 0.05) is 38.6 Å². The molecule has 0 aromatic rings. The molecule has 0 heterocycles. The summed E-state index contributed by atoms with van der Waals surface area (Å²) < 4.78 is 27.9. The van der Waals surface area contributed by atoms with Crippen molar-refractivity contribution in [2.45, 2.75) is 52.5 Å². The van der Waals surface area contributed by atoms with E-state index >= 15 is 0 Å². The van der Waals surface area contributed by atoms with E-state index in [1.54, 1.807) is 0 Å². The zero-order valence-electron chi connectivity index (χ0n) is 14.5. The normalized spacial score (nSPS) is 13.9. The molecule has 0 bridgehead atoms. The van der Waals surface area contributed by atoms with Gasteiger partial charge in [-0.25, -0.2) is 8.42 Å². The second-order valence-corrected chi connectivity index (χ2v) is 7.80. The van der Waals surface area contributed by atoms with Gasteiger partial charge in [-0.05, 0) is 33.1 Å². The van der Waals surface area contributed by atoms with E-state index in [0.717, 1.165) is 45.0 Å². The molecule has 6 nitrogen and oxygen atoms in total. The molecule has 0 aromatic heterocycles. The number of guanidine groups is 1. The van der Waals surface area contributed by atoms with E-state index in [9.17, 15) is 8.42 Å². The molecule has 0 fully saturated rings. The number of nitrogens with zero attached hydrogens (tertiary/aromatic N) is 1. The number of nitrogens with one attached hydrogen (secondary N) is 2. The SMILES string of the molecule is CCCCOCCCN=C(NCC)NC(C)CCS(C)(=O)=O. The average Bonchev–Trinajstić information content (AvgIpc) is 2.43. The molecule has 0 spiro atoms. The van der Waals surface area contributed by atoms with Gasteiger partial charge in [0.25, 0.3) is 0 Å². The number of rotatable bonds is 12. The molecule has 0 aliphatic carbocycles. The van der Waals surface area contributed by atoms with Crippen LogP contribution in [0.1, 0.15) is 46.5 Å². The summed E-state index contributed by atoms with van der Waals surface area (Å²) in [7, 11) is -2.92. The minimum absolute atomic E-state index is 0.0633. The molecule has 0 aliphatic heterocycles. The summed E-state index contributed by atoms with van der Waals surface area (Å²) in [6.45, 7) is 9.14. The fourth-order valence-corrected chi connectivity index (χ4v) is 2.50. The molecule has 0 aliphatic rings. The molecule has 132 valence electrons. The Morgan fingerprint density at radius 1 is 1.23 bits per heavy atom. The predicted octanol–water partition coefficient (Wildman–Crippen LogP) is 1.57. The molecular weight excluding hydrogens is 302 g/mol. The third kappa shape index (κ3) is 14.1. The number of unbranched alkanes of at least 4 members (excludes halogenated alkanes) is 1. The van der Waals surface area contributed by atoms with Gasteiger partial charge < -0.3 is 15.4 Å². The maximum absolute atomic E-state index is 11.2. The van der Waals surface area contributed by atoms with E-state index in [4.69, 9.17) is 4.74 Å². The van der Waals surface area contributed by atoms with Gasteiger partial charge in [-0.3, -0.25) is 4.99 Å². The summed E-state index contributed by atoms with van der Waals surface area (Å²) in [4.78, 5) is 4.48. The first-order valence-electron chi connectivity index (χ1n) is 8.19. The van der Waals surface area contributed by atoms with E-state index in [1.165, 1.54) is 6.26 Å². The van der Waals surface area contributed by atoms with Crippen LogP contribution in [0.15, 0.2) is 4.99 Å². The summed E-state index contributed by atoms with van der Waals surface area (Å²) in [6.07, 6.45) is 4.97. The minimum atomic E-state index is -2.92. The van der Waals surface area contributed by atoms with Crippen LogP contribution in [0.2, 0.25) is 0 Å². The quantitative estimate of drug-likeness (QED) is 0.321. The lowest BCUT2D eigenvalue weighted by molar-refractivity contribution is 0.130. The van der Waals surface area contributed by atoms with Crippen molar-refractivity contribution in [1.82, 2.24) is 10.6 Å². The molecule has 22 heavy (non-hydrogen) atoms. The van der Waals surface area contributed by atoms with Crippen molar-refractivity contribution < 1.29 is 13.2 Å². The molecule has 0 rings (SSSR count). The van der Waals surface area contributed by atoms with Crippen LogP contribution in [-0.2, 0) is 14.6 Å². The lowest BCUT2D eigenvalue weighted by atomic mass is 10.3. The van der Waals surface area contributed by atoms with Gasteiger partial charge in [0.05, 0.1) is 5.75 Å². The summed E-state index contributed by atoms with van der Waals surface area (Å²) in [5, 5.41) is 6.41. The van der Waals surface area contributed by atoms with E-state index in [2.05, 4.69) is 22.5 Å². The van der Waals surface area contributed by atoms with Crippen LogP contribution in [-0.4, -0.2) is 58.7 Å². The smallest absolute Gasteiger partial charge is 0.191 e. The highest BCUT2D eigenvalue weighted by Gasteiger charge is 2.09. The lowest BCUT2D eigenvalue weighted by Gasteiger charge is -2.17. The first-order valence-corrected chi connectivity index (χ1v) is 10.2. The van der Waals surface area contributed by atoms with Gasteiger partial charge >= 0.3 is 0 Å². The molecular formula is C15H33N3O3S. The molecule has 0 aromatic carbocycles. The van der Waals surface area contributed by atoms with Crippen LogP contribution in [0.5, 0.6) is 0 Å². The topological polar surface area (TPSA) is 79.8 Å². The summed E-state index contributed by atoms with van der Waals surface area (Å²) in [6, 6.07) is 0.0633. The summed E-state index contributed by atoms with van der Waals surface area (Å²) >= 11 is 0. The molecule has 2 N–H and O–H groups in total. The van der Waals surface area contributed by atoms with Crippen molar-refractivity contribution >= 4 is 15.8 Å². The van der Waals surface area contributed by atoms with Gasteiger partial charge in [-0.2, -0.15) is 0 Å². The van der Waals surface area contributed by atoms with E-state index in [1.807, 2.05) is 13.8 Å². The Bertz CT molecular complexity index is 397. The molecule has 0 saturated carbocycles. The number of ether oxygens (including phenoxy) is 1. The number of hydrogen-bond donors (Lipinski definition) is 2. The van der Waals surface area contributed by atoms with E-state index in [-0.39, 0.29) is 11.8 Å². The summed E-state index contributed by atoms with van der Waals surface area (Å²) in [5.41, 5.74) is 0. The zero-order valence-corrected chi connectivity index (χ0v) is 15.3. The van der Waals surface area contributed by atoms with Crippen molar-refractivity contribution in [2.24, 2.45) is 4.99 Å². The van der Waals surface area contributed by atoms with Crippen molar-refractivity contribution in [3.8, 4) is 0 Å². The highest BCUT2D eigenvalue weighted by Crippen LogP contribution is 1.96. The third-order valence-electron chi connectivity index (χ3n) is 3.01. The van der Waals surface area contributed by atoms with E-state index in [0.29, 0.717) is 13.0 Å². The van der Waals surface area contributed by atoms with E-state index < -0.39 is 9.84 Å². The minimum Gasteiger partial charge on any atom is -0.381 e. The van der Waals surface area contributed by atoms with Crippen LogP contribution in [0.4, 0.5) is 0 Å². The first kappa shape index (κ1) is 21.2. The maximum atomic E-state index is 11.2. The van der Waals surface area contributed by atoms with Gasteiger partial charge in [0.2, 0.25) is 0 Å².